The number of para-hydroxylation sites is 1. The molecule has 1 unspecified atom stereocenters. The number of ketones is 1. The standard InChI is InChI=1S/C25H23N5O3S/c26-24(32)20-21(28-16-9-5-2-6-10-16)23(34-25(20)29-17-11-12-27-14-17)22(31)19-13-18(30-33-19)15-7-3-1-4-8-15/h1-10,13,17,27-29H,11-12,14H2,(H2,26,32). The SMILES string of the molecule is NC(=O)c1c(NC2CCNC2)sc(C(=O)c2cc(-c3ccccc3)no2)c1Nc1ccccc1. The van der Waals surface area contributed by atoms with Gasteiger partial charge in [0.2, 0.25) is 11.5 Å². The van der Waals surface area contributed by atoms with Gasteiger partial charge in [0.1, 0.15) is 15.6 Å². The number of carbonyl (C=O) groups is 2. The number of nitrogens with zero attached hydrogens (tertiary/aromatic N) is 1. The number of anilines is 3. The van der Waals surface area contributed by atoms with Crippen molar-refractivity contribution in [3.05, 3.63) is 82.9 Å². The molecule has 9 heteroatoms. The van der Waals surface area contributed by atoms with Gasteiger partial charge in [0.15, 0.2) is 0 Å². The first-order valence-corrected chi connectivity index (χ1v) is 11.7. The summed E-state index contributed by atoms with van der Waals surface area (Å²) in [4.78, 5) is 26.4. The van der Waals surface area contributed by atoms with Crippen LogP contribution in [0.4, 0.5) is 16.4 Å². The molecule has 34 heavy (non-hydrogen) atoms. The van der Waals surface area contributed by atoms with Crippen LogP contribution in [-0.2, 0) is 0 Å². The zero-order chi connectivity index (χ0) is 23.5. The Kier molecular flexibility index (Phi) is 6.11. The summed E-state index contributed by atoms with van der Waals surface area (Å²) in [7, 11) is 0. The maximum absolute atomic E-state index is 13.6. The molecule has 4 aromatic rings. The van der Waals surface area contributed by atoms with Crippen LogP contribution >= 0.6 is 11.3 Å². The normalized spacial score (nSPS) is 15.2. The van der Waals surface area contributed by atoms with Gasteiger partial charge in [-0.25, -0.2) is 0 Å². The number of aromatic nitrogens is 1. The summed E-state index contributed by atoms with van der Waals surface area (Å²) in [6.45, 7) is 1.65. The number of nitrogens with two attached hydrogens (primary N) is 1. The number of carbonyl (C=O) groups excluding carboxylic acids is 2. The van der Waals surface area contributed by atoms with Gasteiger partial charge in [0, 0.05) is 29.9 Å². The van der Waals surface area contributed by atoms with E-state index in [2.05, 4.69) is 21.1 Å². The molecule has 0 bridgehead atoms. The van der Waals surface area contributed by atoms with Crippen LogP contribution in [0.15, 0.2) is 71.3 Å². The fraction of sp³-hybridized carbons (Fsp3) is 0.160. The van der Waals surface area contributed by atoms with Gasteiger partial charge < -0.3 is 26.2 Å². The molecule has 1 saturated heterocycles. The molecule has 0 aliphatic carbocycles. The number of nitrogens with one attached hydrogen (secondary N) is 3. The number of hydrogen-bond acceptors (Lipinski definition) is 8. The van der Waals surface area contributed by atoms with E-state index in [1.807, 2.05) is 60.7 Å². The van der Waals surface area contributed by atoms with Gasteiger partial charge in [-0.15, -0.1) is 11.3 Å². The third-order valence-electron chi connectivity index (χ3n) is 5.60. The summed E-state index contributed by atoms with van der Waals surface area (Å²) >= 11 is 1.19. The zero-order valence-corrected chi connectivity index (χ0v) is 19.0. The van der Waals surface area contributed by atoms with Crippen molar-refractivity contribution in [1.29, 1.82) is 0 Å². The summed E-state index contributed by atoms with van der Waals surface area (Å²) in [6.07, 6.45) is 0.906. The summed E-state index contributed by atoms with van der Waals surface area (Å²) in [5.74, 6) is -0.913. The lowest BCUT2D eigenvalue weighted by atomic mass is 10.1. The van der Waals surface area contributed by atoms with E-state index < -0.39 is 5.91 Å². The minimum atomic E-state index is -0.621. The van der Waals surface area contributed by atoms with Crippen molar-refractivity contribution in [2.75, 3.05) is 23.7 Å². The Labute approximate surface area is 200 Å². The maximum atomic E-state index is 13.6. The average Bonchev–Trinajstić information content (AvgIpc) is 3.61. The Morgan fingerprint density at radius 2 is 1.82 bits per heavy atom. The molecule has 1 atom stereocenters. The number of primary amides is 1. The summed E-state index contributed by atoms with van der Waals surface area (Å²) in [5, 5.41) is 14.5. The molecule has 1 aliphatic heterocycles. The van der Waals surface area contributed by atoms with Crippen LogP contribution in [0.3, 0.4) is 0 Å². The first-order valence-electron chi connectivity index (χ1n) is 10.9. The second-order valence-electron chi connectivity index (χ2n) is 7.97. The van der Waals surface area contributed by atoms with E-state index in [4.69, 9.17) is 10.3 Å². The molecular weight excluding hydrogens is 450 g/mol. The van der Waals surface area contributed by atoms with Crippen molar-refractivity contribution in [2.24, 2.45) is 5.73 Å². The maximum Gasteiger partial charge on any atom is 0.253 e. The van der Waals surface area contributed by atoms with Gasteiger partial charge in [-0.05, 0) is 25.1 Å². The molecule has 1 fully saturated rings. The molecular formula is C25H23N5O3S. The lowest BCUT2D eigenvalue weighted by molar-refractivity contribution is 0.1000. The highest BCUT2D eigenvalue weighted by Crippen LogP contribution is 2.41. The molecule has 2 aromatic heterocycles. The molecule has 5 rings (SSSR count). The highest BCUT2D eigenvalue weighted by Gasteiger charge is 2.30. The lowest BCUT2D eigenvalue weighted by Gasteiger charge is -2.13. The Morgan fingerprint density at radius 3 is 2.50 bits per heavy atom. The van der Waals surface area contributed by atoms with E-state index in [0.29, 0.717) is 21.3 Å². The fourth-order valence-electron chi connectivity index (χ4n) is 3.92. The third-order valence-corrected chi connectivity index (χ3v) is 6.72. The minimum Gasteiger partial charge on any atom is -0.372 e. The van der Waals surface area contributed by atoms with Crippen LogP contribution in [-0.4, -0.2) is 36.0 Å². The lowest BCUT2D eigenvalue weighted by Crippen LogP contribution is -2.23. The molecule has 3 heterocycles. The van der Waals surface area contributed by atoms with Crippen molar-refractivity contribution in [3.8, 4) is 11.3 Å². The van der Waals surface area contributed by atoms with Gasteiger partial charge in [0.25, 0.3) is 5.91 Å². The van der Waals surface area contributed by atoms with Gasteiger partial charge >= 0.3 is 0 Å². The topological polar surface area (TPSA) is 122 Å². The first-order chi connectivity index (χ1) is 16.6. The van der Waals surface area contributed by atoms with Crippen molar-refractivity contribution < 1.29 is 14.1 Å². The molecule has 0 spiro atoms. The second kappa shape index (κ2) is 9.50. The van der Waals surface area contributed by atoms with Crippen LogP contribution in [0.5, 0.6) is 0 Å². The molecule has 0 saturated carbocycles. The van der Waals surface area contributed by atoms with Crippen LogP contribution in [0.1, 0.15) is 32.2 Å². The van der Waals surface area contributed by atoms with Gasteiger partial charge in [-0.2, -0.15) is 0 Å². The monoisotopic (exact) mass is 473 g/mol. The van der Waals surface area contributed by atoms with Crippen molar-refractivity contribution in [3.63, 3.8) is 0 Å². The Bertz CT molecular complexity index is 1310. The van der Waals surface area contributed by atoms with E-state index in [1.54, 1.807) is 6.07 Å². The van der Waals surface area contributed by atoms with Gasteiger partial charge in [-0.1, -0.05) is 53.7 Å². The van der Waals surface area contributed by atoms with E-state index in [1.165, 1.54) is 11.3 Å². The molecule has 2 aromatic carbocycles. The molecule has 172 valence electrons. The Morgan fingerprint density at radius 1 is 1.09 bits per heavy atom. The van der Waals surface area contributed by atoms with Crippen LogP contribution in [0.25, 0.3) is 11.3 Å². The molecule has 1 aliphatic rings. The van der Waals surface area contributed by atoms with E-state index in [9.17, 15) is 9.59 Å². The van der Waals surface area contributed by atoms with Crippen molar-refractivity contribution in [2.45, 2.75) is 12.5 Å². The predicted octanol–water partition coefficient (Wildman–Crippen LogP) is 4.25. The van der Waals surface area contributed by atoms with Crippen LogP contribution in [0, 0.1) is 0 Å². The average molecular weight is 474 g/mol. The third kappa shape index (κ3) is 4.43. The second-order valence-corrected chi connectivity index (χ2v) is 8.99. The quantitative estimate of drug-likeness (QED) is 0.282. The smallest absolute Gasteiger partial charge is 0.253 e. The predicted molar refractivity (Wildman–Crippen MR) is 133 cm³/mol. The van der Waals surface area contributed by atoms with E-state index >= 15 is 0 Å². The highest BCUT2D eigenvalue weighted by molar-refractivity contribution is 7.19. The first kappa shape index (κ1) is 21.9. The van der Waals surface area contributed by atoms with Crippen LogP contribution < -0.4 is 21.7 Å². The van der Waals surface area contributed by atoms with E-state index in [-0.39, 0.29) is 23.1 Å². The number of thiophene rings is 1. The zero-order valence-electron chi connectivity index (χ0n) is 18.2. The minimum absolute atomic E-state index is 0.0846. The van der Waals surface area contributed by atoms with Crippen molar-refractivity contribution in [1.82, 2.24) is 10.5 Å². The Hall–Kier alpha value is -3.95. The van der Waals surface area contributed by atoms with Crippen molar-refractivity contribution >= 4 is 39.4 Å². The summed E-state index contributed by atoms with van der Waals surface area (Å²) < 4.78 is 5.42. The molecule has 1 amide bonds. The number of rotatable bonds is 8. The fourth-order valence-corrected chi connectivity index (χ4v) is 5.10. The highest BCUT2D eigenvalue weighted by atomic mass is 32.1. The van der Waals surface area contributed by atoms with Crippen LogP contribution in [0.2, 0.25) is 0 Å². The largest absolute Gasteiger partial charge is 0.372 e. The van der Waals surface area contributed by atoms with E-state index in [0.717, 1.165) is 30.8 Å². The molecule has 5 N–H and O–H groups in total. The Balaban J connectivity index is 1.56. The van der Waals surface area contributed by atoms with Gasteiger partial charge in [-0.3, -0.25) is 9.59 Å². The van der Waals surface area contributed by atoms with Gasteiger partial charge in [0.05, 0.1) is 11.3 Å². The number of benzene rings is 2. The number of amides is 1. The number of hydrogen-bond donors (Lipinski definition) is 4. The molecule has 8 nitrogen and oxygen atoms in total. The summed E-state index contributed by atoms with van der Waals surface area (Å²) in [6, 6.07) is 20.6. The molecule has 0 radical (unpaired) electrons. The summed E-state index contributed by atoms with van der Waals surface area (Å²) in [5.41, 5.74) is 8.55.